The first kappa shape index (κ1) is 22.2. The molecule has 1 aromatic heterocycles. The van der Waals surface area contributed by atoms with Gasteiger partial charge in [0.15, 0.2) is 0 Å². The van der Waals surface area contributed by atoms with Gasteiger partial charge < -0.3 is 5.11 Å². The highest BCUT2D eigenvalue weighted by atomic mass is 16.4. The quantitative estimate of drug-likeness (QED) is 0.438. The minimum absolute atomic E-state index is 0.220. The second kappa shape index (κ2) is 10.5. The lowest BCUT2D eigenvalue weighted by molar-refractivity contribution is -0.137. The average molecular weight is 430 g/mol. The highest BCUT2D eigenvalue weighted by Crippen LogP contribution is 2.34. The van der Waals surface area contributed by atoms with Crippen LogP contribution in [0.4, 0.5) is 0 Å². The van der Waals surface area contributed by atoms with Crippen molar-refractivity contribution in [2.75, 3.05) is 13.1 Å². The van der Waals surface area contributed by atoms with E-state index >= 15 is 0 Å². The summed E-state index contributed by atoms with van der Waals surface area (Å²) in [5.74, 6) is -0.700. The lowest BCUT2D eigenvalue weighted by Crippen LogP contribution is -2.36. The summed E-state index contributed by atoms with van der Waals surface area (Å²) >= 11 is 0. The van der Waals surface area contributed by atoms with E-state index in [9.17, 15) is 4.79 Å². The van der Waals surface area contributed by atoms with Crippen molar-refractivity contribution < 1.29 is 9.90 Å². The molecule has 0 amide bonds. The van der Waals surface area contributed by atoms with Crippen LogP contribution < -0.4 is 0 Å². The van der Waals surface area contributed by atoms with Crippen LogP contribution in [-0.2, 0) is 11.2 Å². The van der Waals surface area contributed by atoms with Crippen LogP contribution in [0, 0.1) is 0 Å². The van der Waals surface area contributed by atoms with Crippen molar-refractivity contribution in [3.63, 3.8) is 0 Å². The molecule has 0 bridgehead atoms. The maximum Gasteiger partial charge on any atom is 0.303 e. The van der Waals surface area contributed by atoms with E-state index < -0.39 is 5.97 Å². The molecule has 1 aliphatic heterocycles. The molecule has 0 saturated heterocycles. The largest absolute Gasteiger partial charge is 0.481 e. The number of aliphatic carboxylic acids is 1. The summed E-state index contributed by atoms with van der Waals surface area (Å²) in [5.41, 5.74) is 6.27. The molecule has 5 nitrogen and oxygen atoms in total. The fraction of sp³-hybridized carbons (Fsp3) is 0.370. The van der Waals surface area contributed by atoms with Gasteiger partial charge in [0.25, 0.3) is 0 Å². The van der Waals surface area contributed by atoms with E-state index in [-0.39, 0.29) is 12.5 Å². The van der Waals surface area contributed by atoms with Gasteiger partial charge >= 0.3 is 5.97 Å². The maximum atomic E-state index is 10.7. The number of rotatable bonds is 9. The molecule has 1 atom stereocenters. The highest BCUT2D eigenvalue weighted by Gasteiger charge is 2.28. The third-order valence-electron chi connectivity index (χ3n) is 6.26. The van der Waals surface area contributed by atoms with Crippen LogP contribution in [0.1, 0.15) is 56.5 Å². The van der Waals surface area contributed by atoms with Crippen LogP contribution in [0.2, 0.25) is 0 Å². The maximum absolute atomic E-state index is 10.7. The Bertz CT molecular complexity index is 1040. The van der Waals surface area contributed by atoms with Crippen molar-refractivity contribution in [2.45, 2.75) is 51.5 Å². The van der Waals surface area contributed by atoms with E-state index in [1.165, 1.54) is 0 Å². The molecular formula is C27H31N3O2. The standard InChI is InChI=1S/C27H31N3O2/c1-20-25-23(17-19-30(20)18-11-3-2-10-16-24(31)32)28-26(21-12-6-4-7-13-21)27(29-25)22-14-8-5-9-15-22/h4-9,12-15,20H,2-3,10-11,16-19H2,1H3,(H,31,32)/t20-/m0/s1. The third kappa shape index (κ3) is 5.22. The molecule has 4 rings (SSSR count). The minimum atomic E-state index is -0.700. The van der Waals surface area contributed by atoms with Crippen molar-refractivity contribution in [3.05, 3.63) is 72.1 Å². The van der Waals surface area contributed by atoms with Crippen molar-refractivity contribution in [1.82, 2.24) is 14.9 Å². The van der Waals surface area contributed by atoms with Crippen LogP contribution in [0.15, 0.2) is 60.7 Å². The van der Waals surface area contributed by atoms with Gasteiger partial charge in [-0.05, 0) is 26.3 Å². The second-order valence-electron chi connectivity index (χ2n) is 8.50. The molecule has 0 aliphatic carbocycles. The Labute approximate surface area is 190 Å². The van der Waals surface area contributed by atoms with Gasteiger partial charge in [-0.25, -0.2) is 9.97 Å². The Balaban J connectivity index is 1.55. The lowest BCUT2D eigenvalue weighted by Gasteiger charge is -2.34. The molecule has 3 aromatic rings. The van der Waals surface area contributed by atoms with E-state index in [0.29, 0.717) is 0 Å². The molecule has 5 heteroatoms. The first-order valence-corrected chi connectivity index (χ1v) is 11.6. The van der Waals surface area contributed by atoms with Gasteiger partial charge in [-0.1, -0.05) is 73.5 Å². The zero-order valence-corrected chi connectivity index (χ0v) is 18.7. The number of unbranched alkanes of at least 4 members (excludes halogenated alkanes) is 3. The molecule has 0 fully saturated rings. The van der Waals surface area contributed by atoms with E-state index in [4.69, 9.17) is 15.1 Å². The monoisotopic (exact) mass is 429 g/mol. The van der Waals surface area contributed by atoms with E-state index in [1.54, 1.807) is 0 Å². The Morgan fingerprint density at radius 3 is 2.12 bits per heavy atom. The summed E-state index contributed by atoms with van der Waals surface area (Å²) in [4.78, 5) is 23.5. The molecule has 2 aromatic carbocycles. The number of nitrogens with zero attached hydrogens (tertiary/aromatic N) is 3. The van der Waals surface area contributed by atoms with Gasteiger partial charge in [-0.15, -0.1) is 0 Å². The molecule has 166 valence electrons. The first-order chi connectivity index (χ1) is 15.6. The van der Waals surface area contributed by atoms with Gasteiger partial charge in [0.2, 0.25) is 0 Å². The van der Waals surface area contributed by atoms with Crippen LogP contribution in [0.3, 0.4) is 0 Å². The molecule has 1 aliphatic rings. The van der Waals surface area contributed by atoms with Crippen LogP contribution >= 0.6 is 0 Å². The van der Waals surface area contributed by atoms with Gasteiger partial charge in [0, 0.05) is 30.5 Å². The summed E-state index contributed by atoms with van der Waals surface area (Å²) in [6, 6.07) is 20.9. The molecule has 0 saturated carbocycles. The number of aromatic nitrogens is 2. The molecule has 32 heavy (non-hydrogen) atoms. The van der Waals surface area contributed by atoms with Crippen molar-refractivity contribution in [3.8, 4) is 22.5 Å². The second-order valence-corrected chi connectivity index (χ2v) is 8.50. The number of carboxylic acid groups (broad SMARTS) is 1. The summed E-state index contributed by atoms with van der Waals surface area (Å²) in [7, 11) is 0. The molecule has 0 unspecified atom stereocenters. The Hall–Kier alpha value is -3.05. The molecule has 2 heterocycles. The summed E-state index contributed by atoms with van der Waals surface area (Å²) < 4.78 is 0. The SMILES string of the molecule is C[C@H]1c2nc(-c3ccccc3)c(-c3ccccc3)nc2CCN1CCCCCCC(=O)O. The van der Waals surface area contributed by atoms with Crippen molar-refractivity contribution in [1.29, 1.82) is 0 Å². The third-order valence-corrected chi connectivity index (χ3v) is 6.26. The number of hydrogen-bond donors (Lipinski definition) is 1. The fourth-order valence-electron chi connectivity index (χ4n) is 4.46. The van der Waals surface area contributed by atoms with Crippen molar-refractivity contribution in [2.24, 2.45) is 0 Å². The molecule has 0 spiro atoms. The Kier molecular flexibility index (Phi) is 7.28. The Morgan fingerprint density at radius 2 is 1.50 bits per heavy atom. The lowest BCUT2D eigenvalue weighted by atomic mass is 9.98. The summed E-state index contributed by atoms with van der Waals surface area (Å²) in [6.07, 6.45) is 5.07. The van der Waals surface area contributed by atoms with Gasteiger partial charge in [-0.2, -0.15) is 0 Å². The number of benzene rings is 2. The number of fused-ring (bicyclic) bond motifs is 1. The van der Waals surface area contributed by atoms with Crippen LogP contribution in [0.25, 0.3) is 22.5 Å². The predicted molar refractivity (Wildman–Crippen MR) is 127 cm³/mol. The van der Waals surface area contributed by atoms with E-state index in [1.807, 2.05) is 36.4 Å². The zero-order valence-electron chi connectivity index (χ0n) is 18.7. The predicted octanol–water partition coefficient (Wildman–Crippen LogP) is 5.76. The first-order valence-electron chi connectivity index (χ1n) is 11.6. The van der Waals surface area contributed by atoms with Crippen molar-refractivity contribution >= 4 is 5.97 Å². The fourth-order valence-corrected chi connectivity index (χ4v) is 4.46. The number of carboxylic acids is 1. The smallest absolute Gasteiger partial charge is 0.303 e. The summed E-state index contributed by atoms with van der Waals surface area (Å²) in [6.45, 7) is 4.22. The van der Waals surface area contributed by atoms with Gasteiger partial charge in [0.05, 0.1) is 28.8 Å². The number of hydrogen-bond acceptors (Lipinski definition) is 4. The summed E-state index contributed by atoms with van der Waals surface area (Å²) in [5, 5.41) is 8.78. The minimum Gasteiger partial charge on any atom is -0.481 e. The Morgan fingerprint density at radius 1 is 0.906 bits per heavy atom. The van der Waals surface area contributed by atoms with Gasteiger partial charge in [0.1, 0.15) is 0 Å². The molecular weight excluding hydrogens is 398 g/mol. The average Bonchev–Trinajstić information content (AvgIpc) is 2.83. The highest BCUT2D eigenvalue weighted by molar-refractivity contribution is 5.78. The normalized spacial score (nSPS) is 16.0. The topological polar surface area (TPSA) is 66.3 Å². The van der Waals surface area contributed by atoms with Crippen LogP contribution in [-0.4, -0.2) is 39.0 Å². The van der Waals surface area contributed by atoms with E-state index in [2.05, 4.69) is 36.1 Å². The number of carbonyl (C=O) groups is 1. The van der Waals surface area contributed by atoms with Crippen LogP contribution in [0.5, 0.6) is 0 Å². The van der Waals surface area contributed by atoms with E-state index in [0.717, 1.165) is 79.1 Å². The molecule has 0 radical (unpaired) electrons. The zero-order chi connectivity index (χ0) is 22.3. The molecule has 1 N–H and O–H groups in total. The van der Waals surface area contributed by atoms with Gasteiger partial charge in [-0.3, -0.25) is 9.69 Å².